The largest absolute Gasteiger partial charge is 0.493 e. The first kappa shape index (κ1) is 20.5. The molecule has 2 rings (SSSR count). The van der Waals surface area contributed by atoms with Gasteiger partial charge in [-0.1, -0.05) is 23.7 Å². The number of carboxylic acids is 1. The monoisotopic (exact) mass is 392 g/mol. The second-order valence-corrected chi connectivity index (χ2v) is 5.69. The fourth-order valence-electron chi connectivity index (χ4n) is 2.28. The molecule has 2 aromatic rings. The summed E-state index contributed by atoms with van der Waals surface area (Å²) >= 11 is 6.24. The van der Waals surface area contributed by atoms with E-state index in [-0.39, 0.29) is 13.2 Å². The van der Waals surface area contributed by atoms with Crippen LogP contribution in [0.15, 0.2) is 42.5 Å². The minimum atomic E-state index is -1.05. The highest BCUT2D eigenvalue weighted by Gasteiger charge is 2.12. The number of para-hydroxylation sites is 2. The molecule has 2 aromatic carbocycles. The number of carbonyl (C=O) groups is 1. The highest BCUT2D eigenvalue weighted by Crippen LogP contribution is 2.37. The van der Waals surface area contributed by atoms with Crippen LogP contribution in [0.2, 0.25) is 5.02 Å². The molecule has 7 heteroatoms. The van der Waals surface area contributed by atoms with Crippen molar-refractivity contribution in [3.63, 3.8) is 0 Å². The van der Waals surface area contributed by atoms with Gasteiger partial charge in [-0.05, 0) is 42.8 Å². The van der Waals surface area contributed by atoms with E-state index >= 15 is 0 Å². The van der Waals surface area contributed by atoms with Crippen LogP contribution in [0.3, 0.4) is 0 Å². The summed E-state index contributed by atoms with van der Waals surface area (Å²) in [5, 5.41) is 9.03. The van der Waals surface area contributed by atoms with Gasteiger partial charge in [0.05, 0.1) is 18.7 Å². The third-order valence-corrected chi connectivity index (χ3v) is 3.69. The summed E-state index contributed by atoms with van der Waals surface area (Å²) < 4.78 is 22.2. The van der Waals surface area contributed by atoms with Crippen LogP contribution < -0.4 is 18.9 Å². The summed E-state index contributed by atoms with van der Waals surface area (Å²) in [5.74, 6) is 1.03. The summed E-state index contributed by atoms with van der Waals surface area (Å²) in [7, 11) is 1.48. The summed E-state index contributed by atoms with van der Waals surface area (Å²) in [4.78, 5) is 10.6. The number of rotatable bonds is 10. The molecule has 0 bridgehead atoms. The summed E-state index contributed by atoms with van der Waals surface area (Å²) in [6.45, 7) is 2.97. The van der Waals surface area contributed by atoms with E-state index in [0.717, 1.165) is 6.08 Å². The summed E-state index contributed by atoms with van der Waals surface area (Å²) in [5.41, 5.74) is 0.591. The molecule has 27 heavy (non-hydrogen) atoms. The summed E-state index contributed by atoms with van der Waals surface area (Å²) in [6.07, 6.45) is 2.45. The first-order chi connectivity index (χ1) is 13.0. The van der Waals surface area contributed by atoms with Gasteiger partial charge in [-0.25, -0.2) is 4.79 Å². The molecule has 0 amide bonds. The van der Waals surface area contributed by atoms with Gasteiger partial charge in [0.1, 0.15) is 13.2 Å². The molecule has 0 atom stereocenters. The van der Waals surface area contributed by atoms with Crippen molar-refractivity contribution in [2.75, 3.05) is 26.9 Å². The number of halogens is 1. The SMILES string of the molecule is CCOc1ccccc1OCCOc1c(Cl)cc(C=CC(=O)O)cc1OC. The highest BCUT2D eigenvalue weighted by molar-refractivity contribution is 6.32. The molecule has 0 aliphatic heterocycles. The maximum Gasteiger partial charge on any atom is 0.328 e. The van der Waals surface area contributed by atoms with E-state index in [1.165, 1.54) is 13.2 Å². The average Bonchev–Trinajstić information content (AvgIpc) is 2.65. The van der Waals surface area contributed by atoms with E-state index < -0.39 is 5.97 Å². The van der Waals surface area contributed by atoms with E-state index in [2.05, 4.69) is 0 Å². The number of hydrogen-bond donors (Lipinski definition) is 1. The lowest BCUT2D eigenvalue weighted by atomic mass is 10.2. The Balaban J connectivity index is 2.00. The number of hydrogen-bond acceptors (Lipinski definition) is 5. The molecule has 0 heterocycles. The molecule has 0 aliphatic carbocycles. The van der Waals surface area contributed by atoms with E-state index in [9.17, 15) is 4.79 Å². The second kappa shape index (κ2) is 10.3. The molecule has 6 nitrogen and oxygen atoms in total. The zero-order chi connectivity index (χ0) is 19.6. The van der Waals surface area contributed by atoms with Gasteiger partial charge in [0, 0.05) is 6.08 Å². The number of benzene rings is 2. The molecule has 0 saturated heterocycles. The van der Waals surface area contributed by atoms with E-state index in [1.807, 2.05) is 31.2 Å². The van der Waals surface area contributed by atoms with Crippen molar-refractivity contribution >= 4 is 23.6 Å². The topological polar surface area (TPSA) is 74.2 Å². The molecule has 1 N–H and O–H groups in total. The Bertz CT molecular complexity index is 803. The Kier molecular flexibility index (Phi) is 7.82. The molecule has 0 fully saturated rings. The van der Waals surface area contributed by atoms with Gasteiger partial charge in [0.2, 0.25) is 0 Å². The quantitative estimate of drug-likeness (QED) is 0.480. The van der Waals surface area contributed by atoms with Crippen LogP contribution in [0.1, 0.15) is 12.5 Å². The molecule has 0 aliphatic rings. The first-order valence-corrected chi connectivity index (χ1v) is 8.69. The predicted octanol–water partition coefficient (Wildman–Crippen LogP) is 4.30. The summed E-state index contributed by atoms with van der Waals surface area (Å²) in [6, 6.07) is 10.6. The van der Waals surface area contributed by atoms with E-state index in [0.29, 0.717) is 40.2 Å². The highest BCUT2D eigenvalue weighted by atomic mass is 35.5. The van der Waals surface area contributed by atoms with Crippen molar-refractivity contribution in [2.24, 2.45) is 0 Å². The smallest absolute Gasteiger partial charge is 0.328 e. The lowest BCUT2D eigenvalue weighted by Crippen LogP contribution is -2.10. The molecular formula is C20H21ClO6. The van der Waals surface area contributed by atoms with Gasteiger partial charge in [-0.2, -0.15) is 0 Å². The Morgan fingerprint density at radius 3 is 2.37 bits per heavy atom. The zero-order valence-electron chi connectivity index (χ0n) is 15.1. The fourth-order valence-corrected chi connectivity index (χ4v) is 2.56. The van der Waals surface area contributed by atoms with Gasteiger partial charge < -0.3 is 24.1 Å². The molecule has 0 radical (unpaired) electrons. The van der Waals surface area contributed by atoms with Gasteiger partial charge in [0.15, 0.2) is 23.0 Å². The number of ether oxygens (including phenoxy) is 4. The van der Waals surface area contributed by atoms with Gasteiger partial charge in [-0.15, -0.1) is 0 Å². The van der Waals surface area contributed by atoms with Crippen LogP contribution in [-0.2, 0) is 4.79 Å². The Labute approximate surface area is 162 Å². The molecule has 0 saturated carbocycles. The first-order valence-electron chi connectivity index (χ1n) is 8.31. The van der Waals surface area contributed by atoms with Crippen LogP contribution in [-0.4, -0.2) is 38.0 Å². The van der Waals surface area contributed by atoms with Crippen molar-refractivity contribution in [3.8, 4) is 23.0 Å². The molecule has 144 valence electrons. The Morgan fingerprint density at radius 1 is 1.07 bits per heavy atom. The Hall–Kier alpha value is -2.86. The molecule has 0 spiro atoms. The van der Waals surface area contributed by atoms with Crippen LogP contribution >= 0.6 is 11.6 Å². The lowest BCUT2D eigenvalue weighted by molar-refractivity contribution is -0.131. The van der Waals surface area contributed by atoms with Gasteiger partial charge in [-0.3, -0.25) is 0 Å². The van der Waals surface area contributed by atoms with Crippen molar-refractivity contribution in [1.82, 2.24) is 0 Å². The number of methoxy groups -OCH3 is 1. The normalized spacial score (nSPS) is 10.6. The Morgan fingerprint density at radius 2 is 1.74 bits per heavy atom. The van der Waals surface area contributed by atoms with Gasteiger partial charge in [0.25, 0.3) is 0 Å². The third-order valence-electron chi connectivity index (χ3n) is 3.41. The maximum atomic E-state index is 10.6. The molecule has 0 unspecified atom stereocenters. The molecule has 0 aromatic heterocycles. The third kappa shape index (κ3) is 6.11. The van der Waals surface area contributed by atoms with Crippen molar-refractivity contribution < 1.29 is 28.8 Å². The van der Waals surface area contributed by atoms with Crippen LogP contribution in [0.25, 0.3) is 6.08 Å². The minimum absolute atomic E-state index is 0.237. The number of aliphatic carboxylic acids is 1. The molecular weight excluding hydrogens is 372 g/mol. The van der Waals surface area contributed by atoms with Gasteiger partial charge >= 0.3 is 5.97 Å². The van der Waals surface area contributed by atoms with Crippen molar-refractivity contribution in [3.05, 3.63) is 53.1 Å². The van der Waals surface area contributed by atoms with E-state index in [4.69, 9.17) is 35.7 Å². The second-order valence-electron chi connectivity index (χ2n) is 5.28. The number of carboxylic acid groups (broad SMARTS) is 1. The maximum absolute atomic E-state index is 10.6. The van der Waals surface area contributed by atoms with Crippen molar-refractivity contribution in [1.29, 1.82) is 0 Å². The predicted molar refractivity (Wildman–Crippen MR) is 103 cm³/mol. The van der Waals surface area contributed by atoms with E-state index in [1.54, 1.807) is 12.1 Å². The standard InChI is InChI=1S/C20H21ClO6/c1-3-25-16-6-4-5-7-17(16)26-10-11-27-20-15(21)12-14(8-9-19(22)23)13-18(20)24-2/h4-9,12-13H,3,10-11H2,1-2H3,(H,22,23). The zero-order valence-corrected chi connectivity index (χ0v) is 15.9. The van der Waals surface area contributed by atoms with Crippen LogP contribution in [0.4, 0.5) is 0 Å². The average molecular weight is 393 g/mol. The van der Waals surface area contributed by atoms with Crippen LogP contribution in [0, 0.1) is 0 Å². The van der Waals surface area contributed by atoms with Crippen LogP contribution in [0.5, 0.6) is 23.0 Å². The minimum Gasteiger partial charge on any atom is -0.493 e. The fraction of sp³-hybridized carbons (Fsp3) is 0.250. The van der Waals surface area contributed by atoms with Crippen molar-refractivity contribution in [2.45, 2.75) is 6.92 Å². The lowest BCUT2D eigenvalue weighted by Gasteiger charge is -2.15.